The highest BCUT2D eigenvalue weighted by Gasteiger charge is 2.25. The summed E-state index contributed by atoms with van der Waals surface area (Å²) in [4.78, 5) is 28.7. The molecule has 0 radical (unpaired) electrons. The van der Waals surface area contributed by atoms with Crippen molar-refractivity contribution in [2.75, 3.05) is 39.3 Å². The third kappa shape index (κ3) is 6.77. The van der Waals surface area contributed by atoms with Gasteiger partial charge in [0.05, 0.1) is 17.8 Å². The maximum atomic E-state index is 13.2. The number of nitrogens with zero attached hydrogens (tertiary/aromatic N) is 4. The number of carbonyl (C=O) groups excluding carboxylic acids is 2. The predicted molar refractivity (Wildman–Crippen MR) is 124 cm³/mol. The number of nitrogens with one attached hydrogen (secondary N) is 1. The first-order valence-electron chi connectivity index (χ1n) is 11.3. The van der Waals surface area contributed by atoms with E-state index in [0.29, 0.717) is 19.6 Å². The molecule has 0 atom stereocenters. The Morgan fingerprint density at radius 1 is 1.09 bits per heavy atom. The first-order valence-corrected chi connectivity index (χ1v) is 11.3. The lowest BCUT2D eigenvalue weighted by molar-refractivity contribution is -0.120. The van der Waals surface area contributed by atoms with Crippen LogP contribution in [0.3, 0.4) is 0 Å². The topological polar surface area (TPSA) is 79.7 Å². The van der Waals surface area contributed by atoms with Crippen molar-refractivity contribution in [3.8, 4) is 5.69 Å². The molecule has 180 valence electrons. The van der Waals surface area contributed by atoms with Crippen LogP contribution in [-0.4, -0.2) is 76.5 Å². The molecule has 1 aromatic heterocycles. The number of benzene rings is 1. The molecule has 1 aliphatic heterocycles. The maximum Gasteiger partial charge on any atom is 0.410 e. The summed E-state index contributed by atoms with van der Waals surface area (Å²) in [7, 11) is 0. The SMILES string of the molecule is Cc1nn(-c2ccc(F)cc2)c(C)c1CC(=O)NCCN1CCN(C(=O)OC(C)(C)C)CC1. The van der Waals surface area contributed by atoms with E-state index in [9.17, 15) is 14.0 Å². The highest BCUT2D eigenvalue weighted by atomic mass is 19.1. The van der Waals surface area contributed by atoms with Crippen LogP contribution in [0.1, 0.15) is 37.7 Å². The van der Waals surface area contributed by atoms with Gasteiger partial charge in [0.15, 0.2) is 0 Å². The van der Waals surface area contributed by atoms with Crippen LogP contribution >= 0.6 is 0 Å². The van der Waals surface area contributed by atoms with E-state index in [2.05, 4.69) is 15.3 Å². The standard InChI is InChI=1S/C24H34FN5O3/c1-17-21(18(2)30(27-17)20-8-6-19(25)7-9-20)16-22(31)26-10-11-28-12-14-29(15-13-28)23(32)33-24(3,4)5/h6-9H,10-16H2,1-5H3,(H,26,31). The third-order valence-electron chi connectivity index (χ3n) is 5.62. The molecule has 9 heteroatoms. The molecule has 1 aromatic carbocycles. The molecule has 1 fully saturated rings. The minimum absolute atomic E-state index is 0.0627. The van der Waals surface area contributed by atoms with Gasteiger partial charge in [0.2, 0.25) is 5.91 Å². The van der Waals surface area contributed by atoms with E-state index in [1.165, 1.54) is 12.1 Å². The largest absolute Gasteiger partial charge is 0.444 e. The smallest absolute Gasteiger partial charge is 0.410 e. The molecule has 0 bridgehead atoms. The molecule has 2 heterocycles. The second-order valence-corrected chi connectivity index (χ2v) is 9.37. The second-order valence-electron chi connectivity index (χ2n) is 9.37. The van der Waals surface area contributed by atoms with Crippen molar-refractivity contribution in [1.29, 1.82) is 0 Å². The van der Waals surface area contributed by atoms with Crippen molar-refractivity contribution in [1.82, 2.24) is 24.9 Å². The van der Waals surface area contributed by atoms with Gasteiger partial charge in [-0.3, -0.25) is 9.69 Å². The number of rotatable bonds is 6. The molecular formula is C24H34FN5O3. The lowest BCUT2D eigenvalue weighted by atomic mass is 10.1. The van der Waals surface area contributed by atoms with Crippen LogP contribution in [0, 0.1) is 19.7 Å². The summed E-state index contributed by atoms with van der Waals surface area (Å²) in [5.41, 5.74) is 2.79. The Morgan fingerprint density at radius 3 is 2.33 bits per heavy atom. The fraction of sp³-hybridized carbons (Fsp3) is 0.542. The Kier molecular flexibility index (Phi) is 7.73. The molecule has 1 N–H and O–H groups in total. The molecular weight excluding hydrogens is 425 g/mol. The average Bonchev–Trinajstić information content (AvgIpc) is 3.02. The summed E-state index contributed by atoms with van der Waals surface area (Å²) in [5.74, 6) is -0.363. The first kappa shape index (κ1) is 24.7. The van der Waals surface area contributed by atoms with Crippen LogP contribution in [-0.2, 0) is 16.0 Å². The summed E-state index contributed by atoms with van der Waals surface area (Å²) in [5, 5.41) is 7.51. The normalized spacial score (nSPS) is 14.9. The van der Waals surface area contributed by atoms with Crippen LogP contribution in [0.5, 0.6) is 0 Å². The highest BCUT2D eigenvalue weighted by Crippen LogP contribution is 2.19. The fourth-order valence-corrected chi connectivity index (χ4v) is 3.82. The number of aromatic nitrogens is 2. The van der Waals surface area contributed by atoms with Crippen LogP contribution < -0.4 is 5.32 Å². The van der Waals surface area contributed by atoms with Crippen LogP contribution in [0.25, 0.3) is 5.69 Å². The quantitative estimate of drug-likeness (QED) is 0.719. The van der Waals surface area contributed by atoms with Gasteiger partial charge in [-0.1, -0.05) is 0 Å². The van der Waals surface area contributed by atoms with E-state index in [1.807, 2.05) is 34.6 Å². The van der Waals surface area contributed by atoms with E-state index in [4.69, 9.17) is 4.74 Å². The van der Waals surface area contributed by atoms with Crippen molar-refractivity contribution >= 4 is 12.0 Å². The van der Waals surface area contributed by atoms with E-state index in [0.717, 1.165) is 42.3 Å². The Balaban J connectivity index is 1.44. The first-order chi connectivity index (χ1) is 15.5. The average molecular weight is 460 g/mol. The van der Waals surface area contributed by atoms with Crippen molar-refractivity contribution in [2.24, 2.45) is 0 Å². The zero-order valence-electron chi connectivity index (χ0n) is 20.2. The van der Waals surface area contributed by atoms with Gasteiger partial charge in [-0.2, -0.15) is 5.10 Å². The minimum Gasteiger partial charge on any atom is -0.444 e. The number of piperazine rings is 1. The van der Waals surface area contributed by atoms with Gasteiger partial charge in [-0.25, -0.2) is 13.9 Å². The molecule has 2 aromatic rings. The zero-order chi connectivity index (χ0) is 24.2. The third-order valence-corrected chi connectivity index (χ3v) is 5.62. The second kappa shape index (κ2) is 10.3. The van der Waals surface area contributed by atoms with E-state index in [-0.39, 0.29) is 24.2 Å². The summed E-state index contributed by atoms with van der Waals surface area (Å²) in [6.45, 7) is 13.4. The van der Waals surface area contributed by atoms with Crippen LogP contribution in [0.15, 0.2) is 24.3 Å². The van der Waals surface area contributed by atoms with Gasteiger partial charge in [0.25, 0.3) is 0 Å². The van der Waals surface area contributed by atoms with Gasteiger partial charge in [0, 0.05) is 50.5 Å². The number of aryl methyl sites for hydroxylation is 1. The molecule has 2 amide bonds. The maximum absolute atomic E-state index is 13.2. The van der Waals surface area contributed by atoms with Gasteiger partial charge < -0.3 is 15.0 Å². The molecule has 33 heavy (non-hydrogen) atoms. The highest BCUT2D eigenvalue weighted by molar-refractivity contribution is 5.79. The fourth-order valence-electron chi connectivity index (χ4n) is 3.82. The zero-order valence-corrected chi connectivity index (χ0v) is 20.2. The summed E-state index contributed by atoms with van der Waals surface area (Å²) < 4.78 is 20.4. The summed E-state index contributed by atoms with van der Waals surface area (Å²) >= 11 is 0. The van der Waals surface area contributed by atoms with Crippen LogP contribution in [0.2, 0.25) is 0 Å². The molecule has 0 aliphatic carbocycles. The molecule has 0 spiro atoms. The number of ether oxygens (including phenoxy) is 1. The van der Waals surface area contributed by atoms with E-state index >= 15 is 0 Å². The number of hydrogen-bond donors (Lipinski definition) is 1. The molecule has 0 saturated carbocycles. The van der Waals surface area contributed by atoms with Crippen LogP contribution in [0.4, 0.5) is 9.18 Å². The Morgan fingerprint density at radius 2 is 1.73 bits per heavy atom. The van der Waals surface area contributed by atoms with Crippen molar-refractivity contribution < 1.29 is 18.7 Å². The molecule has 1 saturated heterocycles. The van der Waals surface area contributed by atoms with Gasteiger partial charge >= 0.3 is 6.09 Å². The molecule has 3 rings (SSSR count). The number of halogens is 1. The Hall–Kier alpha value is -2.94. The number of carbonyl (C=O) groups is 2. The van der Waals surface area contributed by atoms with Gasteiger partial charge in [0.1, 0.15) is 11.4 Å². The van der Waals surface area contributed by atoms with Crippen molar-refractivity contribution in [2.45, 2.75) is 46.6 Å². The minimum atomic E-state index is -0.495. The monoisotopic (exact) mass is 459 g/mol. The molecule has 1 aliphatic rings. The number of amides is 2. The molecule has 0 unspecified atom stereocenters. The van der Waals surface area contributed by atoms with Gasteiger partial charge in [-0.15, -0.1) is 0 Å². The van der Waals surface area contributed by atoms with Crippen molar-refractivity contribution in [3.05, 3.63) is 47.0 Å². The van der Waals surface area contributed by atoms with E-state index < -0.39 is 5.60 Å². The van der Waals surface area contributed by atoms with Crippen molar-refractivity contribution in [3.63, 3.8) is 0 Å². The Labute approximate surface area is 194 Å². The predicted octanol–water partition coefficient (Wildman–Crippen LogP) is 2.84. The van der Waals surface area contributed by atoms with E-state index in [1.54, 1.807) is 21.7 Å². The summed E-state index contributed by atoms with van der Waals surface area (Å²) in [6, 6.07) is 6.12. The molecule has 8 nitrogen and oxygen atoms in total. The Bertz CT molecular complexity index is 973. The number of hydrogen-bond acceptors (Lipinski definition) is 5. The lowest BCUT2D eigenvalue weighted by Crippen LogP contribution is -2.51. The lowest BCUT2D eigenvalue weighted by Gasteiger charge is -2.35. The summed E-state index contributed by atoms with van der Waals surface area (Å²) in [6.07, 6.45) is -0.0342. The van der Waals surface area contributed by atoms with Gasteiger partial charge in [-0.05, 0) is 58.9 Å².